The average Bonchev–Trinajstić information content (AvgIpc) is 3.27. The molecule has 1 aromatic heterocycles. The molecule has 0 N–H and O–H groups in total. The summed E-state index contributed by atoms with van der Waals surface area (Å²) in [7, 11) is 0. The summed E-state index contributed by atoms with van der Waals surface area (Å²) < 4.78 is 2.81. The molecule has 0 amide bonds. The third-order valence-electron chi connectivity index (χ3n) is 20.2. The van der Waals surface area contributed by atoms with Crippen molar-refractivity contribution in [1.29, 1.82) is 0 Å². The molecular weight excluding hydrogens is 1010 g/mol. The van der Waals surface area contributed by atoms with Crippen molar-refractivity contribution in [3.05, 3.63) is 214 Å². The van der Waals surface area contributed by atoms with Crippen LogP contribution >= 0.6 is 11.3 Å². The molecule has 0 radical (unpaired) electrons. The van der Waals surface area contributed by atoms with Crippen molar-refractivity contribution in [3.8, 4) is 0 Å². The van der Waals surface area contributed by atoms with Crippen molar-refractivity contribution in [2.75, 3.05) is 14.7 Å². The Balaban J connectivity index is 1.16. The monoisotopic (exact) mass is 1090 g/mol. The van der Waals surface area contributed by atoms with Crippen LogP contribution in [0.5, 0.6) is 0 Å². The van der Waals surface area contributed by atoms with Gasteiger partial charge in [-0.05, 0) is 192 Å². The number of nitrogens with zero attached hydrogens (tertiary/aromatic N) is 3. The number of para-hydroxylation sites is 1. The maximum Gasteiger partial charge on any atom is 0.264 e. The van der Waals surface area contributed by atoms with E-state index < -0.39 is 0 Å². The van der Waals surface area contributed by atoms with Crippen LogP contribution in [0.3, 0.4) is 0 Å². The summed E-state index contributed by atoms with van der Waals surface area (Å²) in [5, 5.41) is 1.36. The Bertz CT molecular complexity index is 3960. The van der Waals surface area contributed by atoms with Gasteiger partial charge in [-0.2, -0.15) is 0 Å². The summed E-state index contributed by atoms with van der Waals surface area (Å²) >= 11 is 2.06. The first kappa shape index (κ1) is 54.4. The summed E-state index contributed by atoms with van der Waals surface area (Å²) in [4.78, 5) is 7.90. The van der Waals surface area contributed by atoms with Gasteiger partial charge in [-0.3, -0.25) is 0 Å². The summed E-state index contributed by atoms with van der Waals surface area (Å²) in [6.07, 6.45) is 4.65. The molecule has 2 aliphatic carbocycles. The molecule has 3 nitrogen and oxygen atoms in total. The second-order valence-electron chi connectivity index (χ2n) is 30.0. The summed E-state index contributed by atoms with van der Waals surface area (Å²) in [5.74, 6) is 0. The molecule has 0 fully saturated rings. The van der Waals surface area contributed by atoms with Gasteiger partial charge in [0.1, 0.15) is 0 Å². The quantitative estimate of drug-likeness (QED) is 0.147. The standard InChI is InChI=1S/C77H84BN3S/c1-71(2,3)49-27-33-55(34-28-49)80-64-47-61-60(74(9,10)40-41-75(61,11)12)46-63(64)78-68-65(80)43-57(79(53-25-21-18-22-26-53)54-37-31-52(32-38-54)77(15,16)51-23-19-17-20-24-51)44-66(68)81(56-35-29-50(30-36-56)72(4,5)6)69-58-45-59-62(48-67(58)82-70(69)78)76(13,14)42-39-73(59,7)8/h17-38,43-48H,39-42H2,1-16H3. The van der Waals surface area contributed by atoms with Crippen molar-refractivity contribution >= 4 is 95.0 Å². The van der Waals surface area contributed by atoms with Crippen LogP contribution in [-0.2, 0) is 37.9 Å². The van der Waals surface area contributed by atoms with Crippen LogP contribution in [0.1, 0.15) is 181 Å². The lowest BCUT2D eigenvalue weighted by Crippen LogP contribution is -2.61. The van der Waals surface area contributed by atoms with E-state index in [-0.39, 0.29) is 44.6 Å². The molecule has 5 heteroatoms. The summed E-state index contributed by atoms with van der Waals surface area (Å²) in [5.41, 5.74) is 24.8. The van der Waals surface area contributed by atoms with Crippen LogP contribution < -0.4 is 30.4 Å². The fourth-order valence-corrected chi connectivity index (χ4v) is 15.9. The van der Waals surface area contributed by atoms with Crippen molar-refractivity contribution in [2.24, 2.45) is 0 Å². The molecule has 3 heterocycles. The van der Waals surface area contributed by atoms with Gasteiger partial charge in [0.05, 0.1) is 11.4 Å². The number of hydrogen-bond donors (Lipinski definition) is 0. The van der Waals surface area contributed by atoms with E-state index in [2.05, 4.69) is 307 Å². The Hall–Kier alpha value is -6.82. The first-order chi connectivity index (χ1) is 38.6. The normalized spacial score (nSPS) is 17.4. The lowest BCUT2D eigenvalue weighted by atomic mass is 9.35. The summed E-state index contributed by atoms with van der Waals surface area (Å²) in [6, 6.07) is 66.5. The fraction of sp³-hybridized carbons (Fsp3) is 0.351. The lowest BCUT2D eigenvalue weighted by Gasteiger charge is -2.47. The van der Waals surface area contributed by atoms with E-state index in [9.17, 15) is 0 Å². The minimum absolute atomic E-state index is 0.00142. The minimum atomic E-state index is -0.184. The van der Waals surface area contributed by atoms with Crippen molar-refractivity contribution < 1.29 is 0 Å². The van der Waals surface area contributed by atoms with Crippen LogP contribution in [0.4, 0.5) is 51.2 Å². The molecule has 0 unspecified atom stereocenters. The third-order valence-corrected chi connectivity index (χ3v) is 21.4. The number of hydrogen-bond acceptors (Lipinski definition) is 4. The predicted octanol–water partition coefficient (Wildman–Crippen LogP) is 20.1. The Kier molecular flexibility index (Phi) is 12.3. The highest BCUT2D eigenvalue weighted by atomic mass is 32.1. The Morgan fingerprint density at radius 1 is 0.415 bits per heavy atom. The highest BCUT2D eigenvalue weighted by Crippen LogP contribution is 2.56. The number of rotatable bonds is 7. The van der Waals surface area contributed by atoms with E-state index in [0.29, 0.717) is 0 Å². The van der Waals surface area contributed by atoms with Crippen LogP contribution in [0.2, 0.25) is 0 Å². The Labute approximate surface area is 495 Å². The Morgan fingerprint density at radius 3 is 1.37 bits per heavy atom. The smallest absolute Gasteiger partial charge is 0.264 e. The second-order valence-corrected chi connectivity index (χ2v) is 31.1. The van der Waals surface area contributed by atoms with Crippen molar-refractivity contribution in [1.82, 2.24) is 0 Å². The highest BCUT2D eigenvalue weighted by Gasteiger charge is 2.49. The Morgan fingerprint density at radius 2 is 0.841 bits per heavy atom. The van der Waals surface area contributed by atoms with Crippen LogP contribution in [0.15, 0.2) is 170 Å². The molecule has 0 saturated carbocycles. The van der Waals surface area contributed by atoms with E-state index in [0.717, 1.165) is 36.3 Å². The molecule has 13 rings (SSSR count). The molecule has 0 spiro atoms. The molecule has 2 aliphatic heterocycles. The van der Waals surface area contributed by atoms with Gasteiger partial charge in [-0.25, -0.2) is 0 Å². The van der Waals surface area contributed by atoms with Crippen LogP contribution in [0, 0.1) is 0 Å². The maximum absolute atomic E-state index is 2.71. The molecule has 0 bridgehead atoms. The van der Waals surface area contributed by atoms with Gasteiger partial charge in [0.2, 0.25) is 0 Å². The lowest BCUT2D eigenvalue weighted by molar-refractivity contribution is 0.332. The van der Waals surface area contributed by atoms with Gasteiger partial charge in [-0.1, -0.05) is 202 Å². The van der Waals surface area contributed by atoms with Crippen LogP contribution in [0.25, 0.3) is 10.1 Å². The van der Waals surface area contributed by atoms with Crippen LogP contribution in [-0.4, -0.2) is 6.71 Å². The molecule has 0 saturated heterocycles. The van der Waals surface area contributed by atoms with E-state index in [4.69, 9.17) is 0 Å². The van der Waals surface area contributed by atoms with Gasteiger partial charge in [0, 0.05) is 60.1 Å². The zero-order chi connectivity index (χ0) is 57.8. The van der Waals surface area contributed by atoms with E-state index >= 15 is 0 Å². The largest absolute Gasteiger partial charge is 0.311 e. The molecule has 416 valence electrons. The molecule has 0 atom stereocenters. The third kappa shape index (κ3) is 8.71. The van der Waals surface area contributed by atoms with Crippen molar-refractivity contribution in [2.45, 2.75) is 174 Å². The van der Waals surface area contributed by atoms with E-state index in [1.807, 2.05) is 0 Å². The SMILES string of the molecule is CC(C)(C)c1ccc(N2c3cc4c(cc3B3c5sc6cc7c(cc6c5N(c5ccc(C(C)(C)C)cc5)c5cc(N(c6ccccc6)c6ccc(C(C)(C)c8ccccc8)cc6)cc2c53)C(C)(C)CCC7(C)C)C(C)(C)CCC4(C)C)cc1. The van der Waals surface area contributed by atoms with Gasteiger partial charge in [0.15, 0.2) is 0 Å². The number of fused-ring (bicyclic) bond motifs is 8. The highest BCUT2D eigenvalue weighted by molar-refractivity contribution is 7.33. The predicted molar refractivity (Wildman–Crippen MR) is 357 cm³/mol. The zero-order valence-electron chi connectivity index (χ0n) is 51.8. The van der Waals surface area contributed by atoms with E-state index in [1.54, 1.807) is 0 Å². The molecule has 9 aromatic rings. The fourth-order valence-electron chi connectivity index (χ4n) is 14.6. The second kappa shape index (κ2) is 18.6. The number of anilines is 9. The molecule has 82 heavy (non-hydrogen) atoms. The van der Waals surface area contributed by atoms with Crippen molar-refractivity contribution in [3.63, 3.8) is 0 Å². The molecule has 8 aromatic carbocycles. The van der Waals surface area contributed by atoms with E-state index in [1.165, 1.54) is 111 Å². The first-order valence-corrected chi connectivity index (χ1v) is 31.3. The van der Waals surface area contributed by atoms with Gasteiger partial charge >= 0.3 is 0 Å². The van der Waals surface area contributed by atoms with Gasteiger partial charge < -0.3 is 14.7 Å². The minimum Gasteiger partial charge on any atom is -0.311 e. The topological polar surface area (TPSA) is 9.72 Å². The van der Waals surface area contributed by atoms with Gasteiger partial charge in [0.25, 0.3) is 6.71 Å². The first-order valence-electron chi connectivity index (χ1n) is 30.5. The number of benzene rings is 8. The van der Waals surface area contributed by atoms with Gasteiger partial charge in [-0.15, -0.1) is 11.3 Å². The number of thiophene rings is 1. The maximum atomic E-state index is 2.71. The molecular formula is C77H84BN3S. The average molecular weight is 1090 g/mol. The molecule has 4 aliphatic rings. The zero-order valence-corrected chi connectivity index (χ0v) is 52.6. The summed E-state index contributed by atoms with van der Waals surface area (Å²) in [6.45, 7) is 38.6.